The number of furan rings is 1. The Balaban J connectivity index is 1.56. The van der Waals surface area contributed by atoms with Gasteiger partial charge in [0.05, 0.1) is 23.0 Å². The molecule has 0 atom stereocenters. The maximum Gasteiger partial charge on any atom is 0.287 e. The van der Waals surface area contributed by atoms with Crippen molar-refractivity contribution in [1.82, 2.24) is 15.1 Å². The number of ether oxygens (including phenoxy) is 1. The molecule has 2 aromatic heterocycles. The van der Waals surface area contributed by atoms with E-state index in [9.17, 15) is 4.79 Å². The van der Waals surface area contributed by atoms with Crippen LogP contribution < -0.4 is 10.1 Å². The van der Waals surface area contributed by atoms with Crippen LogP contribution in [0.4, 0.5) is 0 Å². The van der Waals surface area contributed by atoms with Gasteiger partial charge in [0.2, 0.25) is 0 Å². The quantitative estimate of drug-likeness (QED) is 0.625. The van der Waals surface area contributed by atoms with Gasteiger partial charge in [-0.25, -0.2) is 0 Å². The summed E-state index contributed by atoms with van der Waals surface area (Å²) < 4.78 is 13.8. The fourth-order valence-corrected chi connectivity index (χ4v) is 3.13. The first-order chi connectivity index (χ1) is 12.4. The summed E-state index contributed by atoms with van der Waals surface area (Å²) in [5.41, 5.74) is 1.82. The van der Waals surface area contributed by atoms with Crippen LogP contribution >= 0.6 is 27.5 Å². The van der Waals surface area contributed by atoms with E-state index in [4.69, 9.17) is 20.8 Å². The summed E-state index contributed by atoms with van der Waals surface area (Å²) in [5.74, 6) is 1.01. The number of aromatic nitrogens is 2. The molecular formula is C18H17BrClN3O3. The lowest BCUT2D eigenvalue weighted by Gasteiger charge is -2.06. The Bertz CT molecular complexity index is 936. The number of nitrogens with zero attached hydrogens (tertiary/aromatic N) is 2. The van der Waals surface area contributed by atoms with Gasteiger partial charge in [-0.1, -0.05) is 27.5 Å². The largest absolute Gasteiger partial charge is 0.484 e. The van der Waals surface area contributed by atoms with Gasteiger partial charge in [-0.3, -0.25) is 9.48 Å². The minimum absolute atomic E-state index is 0.176. The van der Waals surface area contributed by atoms with Gasteiger partial charge in [0.25, 0.3) is 5.91 Å². The smallest absolute Gasteiger partial charge is 0.287 e. The lowest BCUT2D eigenvalue weighted by atomic mass is 10.3. The number of hydrogen-bond acceptors (Lipinski definition) is 4. The molecule has 0 bridgehead atoms. The lowest BCUT2D eigenvalue weighted by molar-refractivity contribution is 0.0918. The molecule has 136 valence electrons. The molecule has 1 N–H and O–H groups in total. The van der Waals surface area contributed by atoms with E-state index in [1.54, 1.807) is 28.9 Å². The van der Waals surface area contributed by atoms with E-state index in [0.717, 1.165) is 15.9 Å². The van der Waals surface area contributed by atoms with Crippen LogP contribution in [0.1, 0.15) is 27.7 Å². The summed E-state index contributed by atoms with van der Waals surface area (Å²) in [4.78, 5) is 12.2. The van der Waals surface area contributed by atoms with Crippen LogP contribution in [-0.4, -0.2) is 15.7 Å². The van der Waals surface area contributed by atoms with Crippen LogP contribution in [0.25, 0.3) is 0 Å². The van der Waals surface area contributed by atoms with E-state index in [-0.39, 0.29) is 18.3 Å². The van der Waals surface area contributed by atoms with Crippen molar-refractivity contribution in [3.05, 3.63) is 68.8 Å². The second kappa shape index (κ2) is 7.97. The van der Waals surface area contributed by atoms with Gasteiger partial charge >= 0.3 is 0 Å². The summed E-state index contributed by atoms with van der Waals surface area (Å²) in [5, 5.41) is 7.55. The molecule has 0 fully saturated rings. The van der Waals surface area contributed by atoms with E-state index in [1.165, 1.54) is 0 Å². The molecule has 0 saturated carbocycles. The van der Waals surface area contributed by atoms with E-state index in [1.807, 2.05) is 26.1 Å². The van der Waals surface area contributed by atoms with E-state index < -0.39 is 0 Å². The number of nitrogens with one attached hydrogen (secondary N) is 1. The molecule has 6 nitrogen and oxygen atoms in total. The first-order valence-electron chi connectivity index (χ1n) is 7.86. The Morgan fingerprint density at radius 3 is 2.85 bits per heavy atom. The highest BCUT2D eigenvalue weighted by atomic mass is 79.9. The molecule has 0 radical (unpaired) electrons. The first-order valence-corrected chi connectivity index (χ1v) is 9.04. The number of hydrogen-bond donors (Lipinski definition) is 1. The molecule has 26 heavy (non-hydrogen) atoms. The maximum atomic E-state index is 12.2. The molecule has 2 heterocycles. The molecular weight excluding hydrogens is 422 g/mol. The molecule has 0 saturated heterocycles. The Labute approximate surface area is 164 Å². The number of benzene rings is 1. The highest BCUT2D eigenvalue weighted by molar-refractivity contribution is 9.10. The molecule has 3 rings (SSSR count). The molecule has 0 aliphatic rings. The van der Waals surface area contributed by atoms with Gasteiger partial charge in [0.1, 0.15) is 18.1 Å². The second-order valence-corrected chi connectivity index (χ2v) is 7.04. The molecule has 0 aliphatic carbocycles. The van der Waals surface area contributed by atoms with Crippen LogP contribution in [0.15, 0.2) is 45.3 Å². The van der Waals surface area contributed by atoms with Crippen molar-refractivity contribution >= 4 is 33.4 Å². The monoisotopic (exact) mass is 437 g/mol. The number of rotatable bonds is 6. The van der Waals surface area contributed by atoms with Crippen molar-refractivity contribution in [3.63, 3.8) is 0 Å². The van der Waals surface area contributed by atoms with Crippen molar-refractivity contribution in [2.45, 2.75) is 20.1 Å². The topological polar surface area (TPSA) is 69.3 Å². The summed E-state index contributed by atoms with van der Waals surface area (Å²) in [6.07, 6.45) is 0. The number of halogens is 2. The third-order valence-corrected chi connectivity index (χ3v) is 4.47. The van der Waals surface area contributed by atoms with E-state index in [0.29, 0.717) is 23.1 Å². The van der Waals surface area contributed by atoms with Crippen LogP contribution in [0, 0.1) is 6.92 Å². The van der Waals surface area contributed by atoms with Crippen LogP contribution in [0.3, 0.4) is 0 Å². The molecule has 0 aliphatic heterocycles. The summed E-state index contributed by atoms with van der Waals surface area (Å²) >= 11 is 9.45. The number of aryl methyl sites for hydroxylation is 2. The van der Waals surface area contributed by atoms with Gasteiger partial charge < -0.3 is 14.5 Å². The highest BCUT2D eigenvalue weighted by Crippen LogP contribution is 2.28. The molecule has 3 aromatic rings. The van der Waals surface area contributed by atoms with Crippen molar-refractivity contribution in [2.75, 3.05) is 0 Å². The summed E-state index contributed by atoms with van der Waals surface area (Å²) in [6.45, 7) is 2.45. The van der Waals surface area contributed by atoms with Crippen LogP contribution in [0.2, 0.25) is 5.02 Å². The minimum atomic E-state index is -0.295. The van der Waals surface area contributed by atoms with Crippen molar-refractivity contribution in [3.8, 4) is 5.75 Å². The third-order valence-electron chi connectivity index (χ3n) is 3.68. The second-order valence-electron chi connectivity index (χ2n) is 5.71. The highest BCUT2D eigenvalue weighted by Gasteiger charge is 2.13. The number of carbonyl (C=O) groups is 1. The van der Waals surface area contributed by atoms with Gasteiger partial charge in [-0.2, -0.15) is 5.10 Å². The van der Waals surface area contributed by atoms with Gasteiger partial charge in [0, 0.05) is 11.5 Å². The SMILES string of the molecule is Cc1cc(CNC(=O)c2ccc(COc3ccc(Br)cc3Cl)o2)n(C)n1. The average Bonchev–Trinajstić information content (AvgIpc) is 3.18. The predicted octanol–water partition coefficient (Wildman–Crippen LogP) is 4.25. The zero-order valence-corrected chi connectivity index (χ0v) is 16.6. The van der Waals surface area contributed by atoms with Crippen LogP contribution in [0.5, 0.6) is 5.75 Å². The number of amides is 1. The van der Waals surface area contributed by atoms with E-state index >= 15 is 0 Å². The third kappa shape index (κ3) is 4.47. The molecule has 0 spiro atoms. The number of carbonyl (C=O) groups excluding carboxylic acids is 1. The molecule has 0 unspecified atom stereocenters. The van der Waals surface area contributed by atoms with E-state index in [2.05, 4.69) is 26.3 Å². The minimum Gasteiger partial charge on any atom is -0.484 e. The van der Waals surface area contributed by atoms with Crippen molar-refractivity contribution < 1.29 is 13.9 Å². The fraction of sp³-hybridized carbons (Fsp3) is 0.222. The first kappa shape index (κ1) is 18.5. The van der Waals surface area contributed by atoms with Crippen molar-refractivity contribution in [2.24, 2.45) is 7.05 Å². The average molecular weight is 439 g/mol. The Morgan fingerprint density at radius 2 is 2.15 bits per heavy atom. The zero-order chi connectivity index (χ0) is 18.7. The van der Waals surface area contributed by atoms with Gasteiger partial charge in [-0.05, 0) is 43.3 Å². The lowest BCUT2D eigenvalue weighted by Crippen LogP contribution is -2.23. The standard InChI is InChI=1S/C18H17BrClN3O3/c1-11-7-13(23(2)22-11)9-21-18(24)17-6-4-14(26-17)10-25-16-5-3-12(19)8-15(16)20/h3-8H,9-10H2,1-2H3,(H,21,24). The fourth-order valence-electron chi connectivity index (χ4n) is 2.41. The van der Waals surface area contributed by atoms with Gasteiger partial charge in [-0.15, -0.1) is 0 Å². The normalized spacial score (nSPS) is 10.8. The summed E-state index contributed by atoms with van der Waals surface area (Å²) in [6, 6.07) is 10.6. The Morgan fingerprint density at radius 1 is 1.35 bits per heavy atom. The predicted molar refractivity (Wildman–Crippen MR) is 101 cm³/mol. The molecule has 8 heteroatoms. The Hall–Kier alpha value is -2.25. The van der Waals surface area contributed by atoms with Gasteiger partial charge in [0.15, 0.2) is 5.76 Å². The molecule has 1 amide bonds. The Kier molecular flexibility index (Phi) is 5.68. The van der Waals surface area contributed by atoms with Crippen molar-refractivity contribution in [1.29, 1.82) is 0 Å². The maximum absolute atomic E-state index is 12.2. The molecule has 1 aromatic carbocycles. The summed E-state index contributed by atoms with van der Waals surface area (Å²) in [7, 11) is 1.84. The van der Waals surface area contributed by atoms with Crippen LogP contribution in [-0.2, 0) is 20.2 Å². The zero-order valence-electron chi connectivity index (χ0n) is 14.3.